The maximum absolute atomic E-state index is 9.91. The quantitative estimate of drug-likeness (QED) is 0.688. The average molecular weight is 219 g/mol. The second-order valence-electron chi connectivity index (χ2n) is 4.84. The third-order valence-corrected chi connectivity index (χ3v) is 3.02. The summed E-state index contributed by atoms with van der Waals surface area (Å²) in [4.78, 5) is 0. The Kier molecular flexibility index (Phi) is 6.83. The van der Waals surface area contributed by atoms with E-state index in [-0.39, 0.29) is 0 Å². The standard InChI is InChI=1S/C11H25NOS/c1-9(2)6-10(3)12-7-11(4,13)8-14-5/h9-10,12-13H,6-8H2,1-5H3. The van der Waals surface area contributed by atoms with Gasteiger partial charge in [-0.15, -0.1) is 0 Å². The van der Waals surface area contributed by atoms with E-state index in [1.165, 1.54) is 0 Å². The van der Waals surface area contributed by atoms with Crippen molar-refractivity contribution in [2.45, 2.75) is 45.8 Å². The van der Waals surface area contributed by atoms with Crippen molar-refractivity contribution in [3.05, 3.63) is 0 Å². The van der Waals surface area contributed by atoms with Crippen LogP contribution in [-0.4, -0.2) is 35.3 Å². The van der Waals surface area contributed by atoms with Crippen molar-refractivity contribution in [1.82, 2.24) is 5.32 Å². The minimum absolute atomic E-state index is 0.489. The number of aliphatic hydroxyl groups is 1. The zero-order chi connectivity index (χ0) is 11.2. The zero-order valence-corrected chi connectivity index (χ0v) is 10.9. The summed E-state index contributed by atoms with van der Waals surface area (Å²) in [5.74, 6) is 1.50. The van der Waals surface area contributed by atoms with Crippen LogP contribution in [-0.2, 0) is 0 Å². The molecule has 0 aliphatic heterocycles. The van der Waals surface area contributed by atoms with Gasteiger partial charge in [-0.3, -0.25) is 0 Å². The van der Waals surface area contributed by atoms with Crippen molar-refractivity contribution < 1.29 is 5.11 Å². The van der Waals surface area contributed by atoms with E-state index in [0.29, 0.717) is 18.5 Å². The molecule has 0 spiro atoms. The van der Waals surface area contributed by atoms with Gasteiger partial charge in [0.05, 0.1) is 5.60 Å². The lowest BCUT2D eigenvalue weighted by Crippen LogP contribution is -2.43. The van der Waals surface area contributed by atoms with Gasteiger partial charge in [-0.25, -0.2) is 0 Å². The lowest BCUT2D eigenvalue weighted by Gasteiger charge is -2.25. The predicted octanol–water partition coefficient (Wildman–Crippen LogP) is 2.12. The van der Waals surface area contributed by atoms with Crippen LogP contribution in [0.25, 0.3) is 0 Å². The first-order valence-corrected chi connectivity index (χ1v) is 6.71. The topological polar surface area (TPSA) is 32.3 Å². The molecule has 0 aliphatic carbocycles. The monoisotopic (exact) mass is 219 g/mol. The minimum atomic E-state index is -0.579. The first-order valence-electron chi connectivity index (χ1n) is 5.32. The van der Waals surface area contributed by atoms with Crippen LogP contribution in [0.1, 0.15) is 34.1 Å². The van der Waals surface area contributed by atoms with Crippen molar-refractivity contribution >= 4 is 11.8 Å². The van der Waals surface area contributed by atoms with Crippen LogP contribution >= 0.6 is 11.8 Å². The van der Waals surface area contributed by atoms with Crippen molar-refractivity contribution in [1.29, 1.82) is 0 Å². The molecule has 0 heterocycles. The second kappa shape index (κ2) is 6.70. The SMILES string of the molecule is CSCC(C)(O)CNC(C)CC(C)C. The molecule has 0 aromatic heterocycles. The molecular weight excluding hydrogens is 194 g/mol. The van der Waals surface area contributed by atoms with E-state index in [2.05, 4.69) is 26.1 Å². The maximum atomic E-state index is 9.91. The van der Waals surface area contributed by atoms with Crippen LogP contribution in [0.15, 0.2) is 0 Å². The van der Waals surface area contributed by atoms with E-state index in [9.17, 15) is 5.11 Å². The van der Waals surface area contributed by atoms with Crippen LogP contribution in [0.5, 0.6) is 0 Å². The van der Waals surface area contributed by atoms with E-state index in [4.69, 9.17) is 0 Å². The first-order chi connectivity index (χ1) is 6.37. The van der Waals surface area contributed by atoms with Crippen molar-refractivity contribution in [3.63, 3.8) is 0 Å². The van der Waals surface area contributed by atoms with Gasteiger partial charge in [0.15, 0.2) is 0 Å². The fourth-order valence-electron chi connectivity index (χ4n) is 1.55. The van der Waals surface area contributed by atoms with Gasteiger partial charge in [0.2, 0.25) is 0 Å². The highest BCUT2D eigenvalue weighted by Gasteiger charge is 2.20. The molecule has 0 aromatic carbocycles. The van der Waals surface area contributed by atoms with Crippen LogP contribution in [0, 0.1) is 5.92 Å². The van der Waals surface area contributed by atoms with E-state index < -0.39 is 5.60 Å². The summed E-state index contributed by atoms with van der Waals surface area (Å²) in [6.07, 6.45) is 3.18. The summed E-state index contributed by atoms with van der Waals surface area (Å²) in [5.41, 5.74) is -0.579. The molecule has 0 bridgehead atoms. The number of hydrogen-bond donors (Lipinski definition) is 2. The van der Waals surface area contributed by atoms with E-state index in [0.717, 1.165) is 12.2 Å². The van der Waals surface area contributed by atoms with Gasteiger partial charge < -0.3 is 10.4 Å². The van der Waals surface area contributed by atoms with Crippen LogP contribution in [0.4, 0.5) is 0 Å². The largest absolute Gasteiger partial charge is 0.388 e. The fraction of sp³-hybridized carbons (Fsp3) is 1.00. The molecular formula is C11H25NOS. The predicted molar refractivity (Wildman–Crippen MR) is 65.9 cm³/mol. The van der Waals surface area contributed by atoms with Crippen molar-refractivity contribution in [2.24, 2.45) is 5.92 Å². The van der Waals surface area contributed by atoms with Crippen LogP contribution in [0.3, 0.4) is 0 Å². The van der Waals surface area contributed by atoms with Gasteiger partial charge in [-0.2, -0.15) is 11.8 Å². The summed E-state index contributed by atoms with van der Waals surface area (Å²) in [5, 5.41) is 13.3. The lowest BCUT2D eigenvalue weighted by atomic mass is 10.0. The second-order valence-corrected chi connectivity index (χ2v) is 5.71. The highest BCUT2D eigenvalue weighted by molar-refractivity contribution is 7.98. The molecule has 2 N–H and O–H groups in total. The molecule has 2 atom stereocenters. The molecule has 0 saturated heterocycles. The molecule has 14 heavy (non-hydrogen) atoms. The number of thioether (sulfide) groups is 1. The molecule has 0 aliphatic rings. The molecule has 86 valence electrons. The molecule has 2 unspecified atom stereocenters. The van der Waals surface area contributed by atoms with Gasteiger partial charge in [-0.1, -0.05) is 13.8 Å². The molecule has 0 radical (unpaired) electrons. The molecule has 2 nitrogen and oxygen atoms in total. The van der Waals surface area contributed by atoms with Crippen LogP contribution < -0.4 is 5.32 Å². The summed E-state index contributed by atoms with van der Waals surface area (Å²) in [6.45, 7) is 9.19. The van der Waals surface area contributed by atoms with Gasteiger partial charge in [0, 0.05) is 18.3 Å². The number of nitrogens with one attached hydrogen (secondary N) is 1. The third kappa shape index (κ3) is 7.65. The minimum Gasteiger partial charge on any atom is -0.388 e. The summed E-state index contributed by atoms with van der Waals surface area (Å²) in [6, 6.07) is 0.489. The number of rotatable bonds is 7. The molecule has 0 saturated carbocycles. The Morgan fingerprint density at radius 3 is 2.36 bits per heavy atom. The Labute approximate surface area is 92.9 Å². The van der Waals surface area contributed by atoms with Crippen molar-refractivity contribution in [3.8, 4) is 0 Å². The van der Waals surface area contributed by atoms with E-state index in [1.807, 2.05) is 13.2 Å². The number of hydrogen-bond acceptors (Lipinski definition) is 3. The highest BCUT2D eigenvalue weighted by Crippen LogP contribution is 2.10. The van der Waals surface area contributed by atoms with Crippen molar-refractivity contribution in [2.75, 3.05) is 18.6 Å². The van der Waals surface area contributed by atoms with Gasteiger partial charge in [0.25, 0.3) is 0 Å². The van der Waals surface area contributed by atoms with Gasteiger partial charge in [0.1, 0.15) is 0 Å². The van der Waals surface area contributed by atoms with Gasteiger partial charge in [-0.05, 0) is 32.4 Å². The normalized spacial score (nSPS) is 18.2. The van der Waals surface area contributed by atoms with E-state index >= 15 is 0 Å². The molecule has 0 amide bonds. The Bertz CT molecular complexity index is 148. The molecule has 0 aromatic rings. The van der Waals surface area contributed by atoms with Gasteiger partial charge >= 0.3 is 0 Å². The fourth-order valence-corrected chi connectivity index (χ4v) is 2.27. The first kappa shape index (κ1) is 14.3. The maximum Gasteiger partial charge on any atom is 0.0833 e. The smallest absolute Gasteiger partial charge is 0.0833 e. The Balaban J connectivity index is 3.69. The molecule has 0 rings (SSSR count). The Hall–Kier alpha value is 0.270. The molecule has 3 heteroatoms. The summed E-state index contributed by atoms with van der Waals surface area (Å²) < 4.78 is 0. The average Bonchev–Trinajstić information content (AvgIpc) is 2.00. The summed E-state index contributed by atoms with van der Waals surface area (Å²) >= 11 is 1.68. The Morgan fingerprint density at radius 1 is 1.36 bits per heavy atom. The van der Waals surface area contributed by atoms with Crippen LogP contribution in [0.2, 0.25) is 0 Å². The summed E-state index contributed by atoms with van der Waals surface area (Å²) in [7, 11) is 0. The van der Waals surface area contributed by atoms with E-state index in [1.54, 1.807) is 11.8 Å². The third-order valence-electron chi connectivity index (χ3n) is 2.11. The molecule has 0 fully saturated rings. The Morgan fingerprint density at radius 2 is 1.93 bits per heavy atom. The highest BCUT2D eigenvalue weighted by atomic mass is 32.2. The zero-order valence-electron chi connectivity index (χ0n) is 10.1. The lowest BCUT2D eigenvalue weighted by molar-refractivity contribution is 0.0812.